The van der Waals surface area contributed by atoms with E-state index >= 15 is 0 Å². The van der Waals surface area contributed by atoms with Crippen LogP contribution in [0.4, 0.5) is 0 Å². The van der Waals surface area contributed by atoms with E-state index in [0.29, 0.717) is 13.0 Å². The van der Waals surface area contributed by atoms with Crippen molar-refractivity contribution in [2.45, 2.75) is 31.7 Å². The van der Waals surface area contributed by atoms with E-state index in [0.717, 1.165) is 0 Å². The van der Waals surface area contributed by atoms with Crippen LogP contribution in [-0.2, 0) is 4.74 Å². The third-order valence-electron chi connectivity index (χ3n) is 2.85. The zero-order chi connectivity index (χ0) is 13.1. The van der Waals surface area contributed by atoms with Gasteiger partial charge in [0.15, 0.2) is 0 Å². The van der Waals surface area contributed by atoms with E-state index in [9.17, 15) is 4.79 Å². The molecule has 1 aromatic heterocycles. The number of rotatable bonds is 4. The Balaban J connectivity index is 2.25. The van der Waals surface area contributed by atoms with Crippen molar-refractivity contribution in [1.29, 1.82) is 0 Å². The molecule has 3 atom stereocenters. The molecule has 0 amide bonds. The zero-order valence-electron chi connectivity index (χ0n) is 10.2. The van der Waals surface area contributed by atoms with Gasteiger partial charge in [-0.05, 0) is 6.92 Å². The van der Waals surface area contributed by atoms with Gasteiger partial charge in [0.05, 0.1) is 19.3 Å². The van der Waals surface area contributed by atoms with Crippen LogP contribution in [0.25, 0.3) is 0 Å². The van der Waals surface area contributed by atoms with E-state index in [4.69, 9.17) is 20.3 Å². The highest BCUT2D eigenvalue weighted by Crippen LogP contribution is 2.29. The average molecular weight is 255 g/mol. The summed E-state index contributed by atoms with van der Waals surface area (Å²) in [6, 6.07) is 1.30. The van der Waals surface area contributed by atoms with E-state index in [1.807, 2.05) is 0 Å². The van der Waals surface area contributed by atoms with Crippen molar-refractivity contribution in [2.24, 2.45) is 5.73 Å². The molecule has 0 bridgehead atoms. The Hall–Kier alpha value is -1.44. The molecule has 0 spiro atoms. The number of hydrogen-bond donors (Lipinski definition) is 2. The van der Waals surface area contributed by atoms with Gasteiger partial charge in [0.25, 0.3) is 5.56 Å². The maximum absolute atomic E-state index is 11.2. The average Bonchev–Trinajstić information content (AvgIpc) is 2.71. The number of hydrogen-bond acceptors (Lipinski definition) is 6. The molecule has 7 heteroatoms. The van der Waals surface area contributed by atoms with Crippen molar-refractivity contribution in [3.05, 3.63) is 22.6 Å². The summed E-state index contributed by atoms with van der Waals surface area (Å²) in [4.78, 5) is 15.0. The molecule has 2 rings (SSSR count). The first-order valence-electron chi connectivity index (χ1n) is 5.89. The number of ether oxygens (including phenoxy) is 2. The minimum Gasteiger partial charge on any atom is -0.465 e. The molecule has 100 valence electrons. The lowest BCUT2D eigenvalue weighted by Crippen LogP contribution is -2.32. The molecule has 0 unspecified atom stereocenters. The van der Waals surface area contributed by atoms with Gasteiger partial charge in [-0.15, -0.1) is 0 Å². The molecule has 1 aromatic rings. The van der Waals surface area contributed by atoms with Crippen LogP contribution in [0.15, 0.2) is 17.1 Å². The molecular formula is C11H17N3O4. The fourth-order valence-corrected chi connectivity index (χ4v) is 1.95. The lowest BCUT2D eigenvalue weighted by Gasteiger charge is -2.18. The Bertz CT molecular complexity index is 462. The van der Waals surface area contributed by atoms with Gasteiger partial charge in [-0.1, -0.05) is 0 Å². The van der Waals surface area contributed by atoms with Crippen LogP contribution in [0, 0.1) is 0 Å². The Morgan fingerprint density at radius 2 is 2.50 bits per heavy atom. The van der Waals surface area contributed by atoms with Crippen molar-refractivity contribution < 1.29 is 14.6 Å². The van der Waals surface area contributed by atoms with E-state index < -0.39 is 6.10 Å². The van der Waals surface area contributed by atoms with E-state index in [2.05, 4.69) is 4.98 Å². The van der Waals surface area contributed by atoms with Gasteiger partial charge in [-0.2, -0.15) is 4.98 Å². The summed E-state index contributed by atoms with van der Waals surface area (Å²) in [5.41, 5.74) is 5.48. The van der Waals surface area contributed by atoms with Crippen molar-refractivity contribution in [3.63, 3.8) is 0 Å². The number of nitrogens with zero attached hydrogens (tertiary/aromatic N) is 2. The molecule has 1 saturated heterocycles. The maximum Gasteiger partial charge on any atom is 0.301 e. The van der Waals surface area contributed by atoms with Crippen molar-refractivity contribution in [2.75, 3.05) is 13.2 Å². The Morgan fingerprint density at radius 1 is 1.72 bits per heavy atom. The second kappa shape index (κ2) is 5.47. The SMILES string of the molecule is CCOc1nc(=O)ccn1[C@H]1C[C@H](N)[C@@H](CO)O1. The molecule has 1 aliphatic heterocycles. The molecule has 18 heavy (non-hydrogen) atoms. The van der Waals surface area contributed by atoms with Crippen molar-refractivity contribution >= 4 is 0 Å². The highest BCUT2D eigenvalue weighted by atomic mass is 16.5. The lowest BCUT2D eigenvalue weighted by molar-refractivity contribution is -0.0292. The third kappa shape index (κ3) is 2.53. The molecule has 7 nitrogen and oxygen atoms in total. The van der Waals surface area contributed by atoms with Crippen molar-refractivity contribution in [3.8, 4) is 6.01 Å². The minimum atomic E-state index is -0.399. The Morgan fingerprint density at radius 3 is 3.11 bits per heavy atom. The summed E-state index contributed by atoms with van der Waals surface area (Å²) >= 11 is 0. The monoisotopic (exact) mass is 255 g/mol. The highest BCUT2D eigenvalue weighted by Gasteiger charge is 2.34. The fourth-order valence-electron chi connectivity index (χ4n) is 1.95. The molecule has 2 heterocycles. The highest BCUT2D eigenvalue weighted by molar-refractivity contribution is 5.02. The van der Waals surface area contributed by atoms with Crippen LogP contribution in [0.3, 0.4) is 0 Å². The Labute approximate surface area is 104 Å². The van der Waals surface area contributed by atoms with Crippen LogP contribution in [-0.4, -0.2) is 40.0 Å². The quantitative estimate of drug-likeness (QED) is 0.734. The predicted molar refractivity (Wildman–Crippen MR) is 63.3 cm³/mol. The van der Waals surface area contributed by atoms with Crippen LogP contribution < -0.4 is 16.0 Å². The van der Waals surface area contributed by atoms with Gasteiger partial charge >= 0.3 is 6.01 Å². The Kier molecular flexibility index (Phi) is 3.95. The summed E-state index contributed by atoms with van der Waals surface area (Å²) in [6.45, 7) is 2.08. The topological polar surface area (TPSA) is 99.6 Å². The number of aliphatic hydroxyl groups excluding tert-OH is 1. The number of aliphatic hydroxyl groups is 1. The van der Waals surface area contributed by atoms with E-state index in [-0.39, 0.29) is 30.4 Å². The smallest absolute Gasteiger partial charge is 0.301 e. The first-order valence-corrected chi connectivity index (χ1v) is 5.89. The molecule has 0 aliphatic carbocycles. The fraction of sp³-hybridized carbons (Fsp3) is 0.636. The molecule has 1 fully saturated rings. The predicted octanol–water partition coefficient (Wildman–Crippen LogP) is -0.751. The summed E-state index contributed by atoms with van der Waals surface area (Å²) < 4.78 is 12.5. The second-order valence-electron chi connectivity index (χ2n) is 4.10. The first kappa shape index (κ1) is 13.0. The molecule has 0 saturated carbocycles. The minimum absolute atomic E-state index is 0.130. The number of aromatic nitrogens is 2. The first-order chi connectivity index (χ1) is 8.65. The van der Waals surface area contributed by atoms with Crippen molar-refractivity contribution in [1.82, 2.24) is 9.55 Å². The third-order valence-corrected chi connectivity index (χ3v) is 2.85. The summed E-state index contributed by atoms with van der Waals surface area (Å²) in [7, 11) is 0. The van der Waals surface area contributed by atoms with Gasteiger partial charge in [0, 0.05) is 24.7 Å². The van der Waals surface area contributed by atoms with E-state index in [1.165, 1.54) is 6.07 Å². The largest absolute Gasteiger partial charge is 0.465 e. The van der Waals surface area contributed by atoms with Gasteiger partial charge < -0.3 is 20.3 Å². The molecule has 0 radical (unpaired) electrons. The lowest BCUT2D eigenvalue weighted by atomic mass is 10.1. The summed E-state index contributed by atoms with van der Waals surface area (Å²) in [5, 5.41) is 9.11. The van der Waals surface area contributed by atoms with Crippen LogP contribution in [0.5, 0.6) is 6.01 Å². The normalized spacial score (nSPS) is 27.4. The van der Waals surface area contributed by atoms with Gasteiger partial charge in [-0.3, -0.25) is 9.36 Å². The summed E-state index contributed by atoms with van der Waals surface area (Å²) in [5.74, 6) is 0. The second-order valence-corrected chi connectivity index (χ2v) is 4.10. The van der Waals surface area contributed by atoms with Gasteiger partial charge in [0.1, 0.15) is 6.23 Å². The molecular weight excluding hydrogens is 238 g/mol. The van der Waals surface area contributed by atoms with Crippen LogP contribution in [0.2, 0.25) is 0 Å². The van der Waals surface area contributed by atoms with Crippen LogP contribution in [0.1, 0.15) is 19.6 Å². The van der Waals surface area contributed by atoms with E-state index in [1.54, 1.807) is 17.7 Å². The zero-order valence-corrected chi connectivity index (χ0v) is 10.2. The summed E-state index contributed by atoms with van der Waals surface area (Å²) in [6.07, 6.45) is 1.34. The molecule has 0 aromatic carbocycles. The molecule has 3 N–H and O–H groups in total. The van der Waals surface area contributed by atoms with Gasteiger partial charge in [-0.25, -0.2) is 0 Å². The standard InChI is InChI=1S/C11H17N3O4/c1-2-17-11-13-9(16)3-4-14(11)10-5-7(12)8(6-15)18-10/h3-4,7-8,10,15H,2,5-6,12H2,1H3/t7-,8+,10+/m0/s1. The molecule has 1 aliphatic rings. The maximum atomic E-state index is 11.2. The van der Waals surface area contributed by atoms with Gasteiger partial charge in [0.2, 0.25) is 0 Å². The number of nitrogens with two attached hydrogens (primary N) is 1. The van der Waals surface area contributed by atoms with Crippen LogP contribution >= 0.6 is 0 Å².